The lowest BCUT2D eigenvalue weighted by Crippen LogP contribution is -2.08. The molecule has 18 heavy (non-hydrogen) atoms. The van der Waals surface area contributed by atoms with Gasteiger partial charge in [-0.1, -0.05) is 23.9 Å². The maximum Gasteiger partial charge on any atom is 0.417 e. The highest BCUT2D eigenvalue weighted by molar-refractivity contribution is 5.98. The molecule has 3 nitrogen and oxygen atoms in total. The molecular weight excluding hydrogens is 249 g/mol. The normalized spacial score (nSPS) is 11.7. The third kappa shape index (κ3) is 1.97. The van der Waals surface area contributed by atoms with Gasteiger partial charge in [-0.15, -0.1) is 0 Å². The minimum absolute atomic E-state index is 0.0693. The fourth-order valence-electron chi connectivity index (χ4n) is 1.72. The van der Waals surface area contributed by atoms with E-state index in [0.29, 0.717) is 0 Å². The van der Waals surface area contributed by atoms with Crippen LogP contribution in [0.15, 0.2) is 30.3 Å². The maximum absolute atomic E-state index is 12.7. The van der Waals surface area contributed by atoms with Crippen molar-refractivity contribution < 1.29 is 28.2 Å². The predicted octanol–water partition coefficient (Wildman–Crippen LogP) is 2.63. The molecule has 0 saturated carbocycles. The Bertz CT molecular complexity index is 632. The number of hydrogen-bond acceptors (Lipinski definition) is 2. The third-order valence-electron chi connectivity index (χ3n) is 2.52. The molecule has 0 bridgehead atoms. The van der Waals surface area contributed by atoms with Crippen molar-refractivity contribution in [1.29, 1.82) is 0 Å². The van der Waals surface area contributed by atoms with Crippen molar-refractivity contribution in [2.75, 3.05) is 0 Å². The van der Waals surface area contributed by atoms with Crippen molar-refractivity contribution in [2.45, 2.75) is 6.18 Å². The van der Waals surface area contributed by atoms with E-state index in [-0.39, 0.29) is 10.8 Å². The highest BCUT2D eigenvalue weighted by Gasteiger charge is 2.32. The van der Waals surface area contributed by atoms with E-state index in [1.807, 2.05) is 0 Å². The number of carboxylic acid groups (broad SMARTS) is 1. The van der Waals surface area contributed by atoms with Crippen LogP contribution in [0.1, 0.15) is 15.9 Å². The minimum atomic E-state index is -4.60. The van der Waals surface area contributed by atoms with Crippen molar-refractivity contribution in [2.24, 2.45) is 0 Å². The van der Waals surface area contributed by atoms with Gasteiger partial charge >= 0.3 is 12.1 Å². The number of hydrogen-bond donors (Lipinski definition) is 1. The van der Waals surface area contributed by atoms with E-state index >= 15 is 0 Å². The van der Waals surface area contributed by atoms with Crippen molar-refractivity contribution in [1.82, 2.24) is 0 Å². The Kier molecular flexibility index (Phi) is 2.65. The zero-order valence-corrected chi connectivity index (χ0v) is 8.78. The molecule has 0 heterocycles. The molecule has 2 rings (SSSR count). The summed E-state index contributed by atoms with van der Waals surface area (Å²) in [5, 5.41) is 19.9. The van der Waals surface area contributed by atoms with Crippen LogP contribution >= 0.6 is 0 Å². The van der Waals surface area contributed by atoms with E-state index in [1.165, 1.54) is 12.1 Å². The molecule has 0 unspecified atom stereocenters. The van der Waals surface area contributed by atoms with Crippen LogP contribution in [-0.4, -0.2) is 11.1 Å². The molecule has 1 N–H and O–H groups in total. The van der Waals surface area contributed by atoms with Crippen LogP contribution in [0, 0.1) is 0 Å². The van der Waals surface area contributed by atoms with E-state index in [4.69, 9.17) is 5.11 Å². The molecule has 2 aromatic rings. The highest BCUT2D eigenvalue weighted by atomic mass is 19.4. The molecule has 2 aromatic carbocycles. The summed E-state index contributed by atoms with van der Waals surface area (Å²) in [6, 6.07) is 5.01. The predicted molar refractivity (Wildman–Crippen MR) is 55.4 cm³/mol. The lowest BCUT2D eigenvalue weighted by Gasteiger charge is -2.15. The van der Waals surface area contributed by atoms with Crippen LogP contribution in [0.5, 0.6) is 5.75 Å². The van der Waals surface area contributed by atoms with Gasteiger partial charge in [-0.3, -0.25) is 0 Å². The summed E-state index contributed by atoms with van der Waals surface area (Å²) in [4.78, 5) is 10.7. The van der Waals surface area contributed by atoms with Gasteiger partial charge in [0.15, 0.2) is 0 Å². The summed E-state index contributed by atoms with van der Waals surface area (Å²) in [5.74, 6) is -2.35. The number of carbonyl (C=O) groups is 1. The third-order valence-corrected chi connectivity index (χ3v) is 2.52. The fraction of sp³-hybridized carbons (Fsp3) is 0.0833. The smallest absolute Gasteiger partial charge is 0.417 e. The zero-order chi connectivity index (χ0) is 13.5. The van der Waals surface area contributed by atoms with Gasteiger partial charge in [0, 0.05) is 0 Å². The van der Waals surface area contributed by atoms with Crippen LogP contribution < -0.4 is 5.11 Å². The Hall–Kier alpha value is -2.24. The molecule has 0 fully saturated rings. The number of benzene rings is 2. The maximum atomic E-state index is 12.7. The van der Waals surface area contributed by atoms with Crippen molar-refractivity contribution in [3.63, 3.8) is 0 Å². The van der Waals surface area contributed by atoms with Crippen LogP contribution in [0.25, 0.3) is 10.8 Å². The van der Waals surface area contributed by atoms with Crippen molar-refractivity contribution >= 4 is 16.7 Å². The second-order valence-electron chi connectivity index (χ2n) is 3.68. The minimum Gasteiger partial charge on any atom is -0.872 e. The molecule has 0 aliphatic carbocycles. The summed E-state index contributed by atoms with van der Waals surface area (Å²) in [6.45, 7) is 0. The van der Waals surface area contributed by atoms with E-state index in [1.54, 1.807) is 0 Å². The second-order valence-corrected chi connectivity index (χ2v) is 3.68. The van der Waals surface area contributed by atoms with Gasteiger partial charge in [-0.25, -0.2) is 4.79 Å². The Morgan fingerprint density at radius 3 is 2.44 bits per heavy atom. The van der Waals surface area contributed by atoms with E-state index < -0.39 is 29.0 Å². The number of carboxylic acids is 1. The van der Waals surface area contributed by atoms with Gasteiger partial charge in [-0.2, -0.15) is 13.2 Å². The summed E-state index contributed by atoms with van der Waals surface area (Å²) >= 11 is 0. The molecule has 0 aliphatic heterocycles. The summed E-state index contributed by atoms with van der Waals surface area (Å²) in [5.41, 5.74) is -1.62. The zero-order valence-electron chi connectivity index (χ0n) is 8.78. The van der Waals surface area contributed by atoms with Crippen LogP contribution in [0.3, 0.4) is 0 Å². The van der Waals surface area contributed by atoms with E-state index in [2.05, 4.69) is 0 Å². The second kappa shape index (κ2) is 3.90. The lowest BCUT2D eigenvalue weighted by atomic mass is 10.0. The Morgan fingerprint density at radius 1 is 1.22 bits per heavy atom. The van der Waals surface area contributed by atoms with Gasteiger partial charge < -0.3 is 10.2 Å². The van der Waals surface area contributed by atoms with E-state index in [9.17, 15) is 23.1 Å². The summed E-state index contributed by atoms with van der Waals surface area (Å²) in [7, 11) is 0. The van der Waals surface area contributed by atoms with Crippen LogP contribution in [0.2, 0.25) is 0 Å². The number of halogens is 3. The highest BCUT2D eigenvalue weighted by Crippen LogP contribution is 2.36. The van der Waals surface area contributed by atoms with Gasteiger partial charge in [0.2, 0.25) is 0 Å². The number of rotatable bonds is 1. The monoisotopic (exact) mass is 255 g/mol. The molecule has 0 amide bonds. The average Bonchev–Trinajstić information content (AvgIpc) is 2.25. The first-order valence-electron chi connectivity index (χ1n) is 4.85. The number of aromatic carboxylic acids is 1. The molecule has 0 saturated heterocycles. The molecular formula is C12H6F3O3-. The molecule has 0 aromatic heterocycles. The van der Waals surface area contributed by atoms with Gasteiger partial charge in [0.25, 0.3) is 0 Å². The summed E-state index contributed by atoms with van der Waals surface area (Å²) in [6.07, 6.45) is -4.60. The van der Waals surface area contributed by atoms with Crippen LogP contribution in [0.4, 0.5) is 13.2 Å². The topological polar surface area (TPSA) is 60.4 Å². The molecule has 0 spiro atoms. The molecule has 94 valence electrons. The first-order chi connectivity index (χ1) is 8.30. The van der Waals surface area contributed by atoms with E-state index in [0.717, 1.165) is 18.2 Å². The number of alkyl halides is 3. The van der Waals surface area contributed by atoms with Crippen LogP contribution in [-0.2, 0) is 6.18 Å². The Morgan fingerprint density at radius 2 is 1.89 bits per heavy atom. The number of fused-ring (bicyclic) bond motifs is 1. The van der Waals surface area contributed by atoms with Gasteiger partial charge in [-0.05, 0) is 22.9 Å². The molecule has 6 heteroatoms. The molecule has 0 atom stereocenters. The largest absolute Gasteiger partial charge is 0.872 e. The van der Waals surface area contributed by atoms with Gasteiger partial charge in [0.1, 0.15) is 0 Å². The first kappa shape index (κ1) is 12.2. The van der Waals surface area contributed by atoms with Crippen molar-refractivity contribution in [3.8, 4) is 5.75 Å². The Labute approximate surface area is 99.1 Å². The Balaban J connectivity index is 2.84. The lowest BCUT2D eigenvalue weighted by molar-refractivity contribution is -0.268. The SMILES string of the molecule is O=C(O)c1cc2c(C(F)(F)F)cccc2cc1[O-]. The quantitative estimate of drug-likeness (QED) is 0.852. The summed E-state index contributed by atoms with van der Waals surface area (Å²) < 4.78 is 38.2. The first-order valence-corrected chi connectivity index (χ1v) is 4.85. The van der Waals surface area contributed by atoms with Gasteiger partial charge in [0.05, 0.1) is 11.1 Å². The standard InChI is InChI=1S/C12H7F3O3/c13-12(14,15)9-3-1-2-6-4-10(16)8(11(17)18)5-7(6)9/h1-5,16H,(H,17,18)/p-1. The molecule has 0 radical (unpaired) electrons. The fourth-order valence-corrected chi connectivity index (χ4v) is 1.72. The average molecular weight is 255 g/mol. The molecule has 0 aliphatic rings. The van der Waals surface area contributed by atoms with Crippen molar-refractivity contribution in [3.05, 3.63) is 41.5 Å².